The molecular formula is C20H27ClN5O5S-. The van der Waals surface area contributed by atoms with E-state index < -0.39 is 26.8 Å². The average Bonchev–Trinajstić information content (AvgIpc) is 3.18. The second-order valence-electron chi connectivity index (χ2n) is 7.76. The Morgan fingerprint density at radius 1 is 1.38 bits per heavy atom. The molecule has 1 fully saturated rings. The average molecular weight is 485 g/mol. The normalized spacial score (nSPS) is 15.9. The third-order valence-corrected chi connectivity index (χ3v) is 7.25. The van der Waals surface area contributed by atoms with E-state index in [1.165, 1.54) is 23.1 Å². The number of nitrogens with zero attached hydrogens (tertiary/aromatic N) is 4. The number of carbonyl (C=O) groups excluding carboxylic acids is 1. The summed E-state index contributed by atoms with van der Waals surface area (Å²) in [7, 11) is -3.11. The minimum Gasteiger partial charge on any atom is -0.740 e. The molecule has 1 N–H and O–H groups in total. The van der Waals surface area contributed by atoms with Crippen molar-refractivity contribution in [2.75, 3.05) is 22.8 Å². The number of halogens is 1. The van der Waals surface area contributed by atoms with Gasteiger partial charge in [0.05, 0.1) is 17.9 Å². The molecule has 1 atom stereocenters. The van der Waals surface area contributed by atoms with Crippen LogP contribution in [0.25, 0.3) is 0 Å². The zero-order valence-electron chi connectivity index (χ0n) is 18.2. The molecule has 32 heavy (non-hydrogen) atoms. The van der Waals surface area contributed by atoms with Gasteiger partial charge < -0.3 is 15.3 Å². The van der Waals surface area contributed by atoms with Crippen LogP contribution >= 0.6 is 11.6 Å². The highest BCUT2D eigenvalue weighted by Crippen LogP contribution is 2.29. The van der Waals surface area contributed by atoms with Crippen molar-refractivity contribution in [2.45, 2.75) is 45.1 Å². The Hall–Kier alpha value is -2.34. The maximum Gasteiger partial charge on any atom is 0.326 e. The predicted molar refractivity (Wildman–Crippen MR) is 123 cm³/mol. The van der Waals surface area contributed by atoms with Crippen LogP contribution in [0, 0.1) is 5.21 Å². The number of urea groups is 1. The number of hydrogen-bond donors (Lipinski definition) is 1. The Balaban J connectivity index is 1.87. The number of aryl methyl sites for hydroxylation is 1. The van der Waals surface area contributed by atoms with Gasteiger partial charge in [-0.15, -0.1) is 0 Å². The van der Waals surface area contributed by atoms with Crippen molar-refractivity contribution >= 4 is 39.2 Å². The monoisotopic (exact) mass is 484 g/mol. The summed E-state index contributed by atoms with van der Waals surface area (Å²) in [6, 6.07) is 3.04. The summed E-state index contributed by atoms with van der Waals surface area (Å²) in [5.41, 5.74) is 1.32. The maximum atomic E-state index is 13.2. The van der Waals surface area contributed by atoms with Crippen molar-refractivity contribution in [1.29, 1.82) is 0 Å². The molecule has 2 aromatic rings. The van der Waals surface area contributed by atoms with E-state index in [2.05, 4.69) is 10.4 Å². The summed E-state index contributed by atoms with van der Waals surface area (Å²) >= 11 is 6.15. The molecule has 2 heterocycles. The zero-order chi connectivity index (χ0) is 23.5. The van der Waals surface area contributed by atoms with Crippen LogP contribution in [-0.4, -0.2) is 48.0 Å². The molecule has 0 saturated carbocycles. The number of ether oxygens (including phenoxy) is 1. The van der Waals surface area contributed by atoms with E-state index in [0.29, 0.717) is 31.1 Å². The number of hydroxylamine groups is 1. The van der Waals surface area contributed by atoms with Gasteiger partial charge >= 0.3 is 16.2 Å². The summed E-state index contributed by atoms with van der Waals surface area (Å²) in [5.74, 6) is 0.172. The van der Waals surface area contributed by atoms with Crippen LogP contribution in [0.15, 0.2) is 30.6 Å². The lowest BCUT2D eigenvalue weighted by Crippen LogP contribution is -2.51. The minimum atomic E-state index is -4.74. The summed E-state index contributed by atoms with van der Waals surface area (Å²) in [6.07, 6.45) is 4.44. The van der Waals surface area contributed by atoms with E-state index >= 15 is 0 Å². The lowest BCUT2D eigenvalue weighted by molar-refractivity contribution is 0.0874. The Morgan fingerprint density at radius 2 is 2.06 bits per heavy atom. The Labute approximate surface area is 192 Å². The number of rotatable bonds is 7. The van der Waals surface area contributed by atoms with Gasteiger partial charge in [-0.05, 0) is 48.9 Å². The molecule has 1 saturated heterocycles. The van der Waals surface area contributed by atoms with Crippen LogP contribution in [0.3, 0.4) is 0 Å². The second-order valence-corrected chi connectivity index (χ2v) is 9.82. The molecule has 176 valence electrons. The highest BCUT2D eigenvalue weighted by atomic mass is 35.5. The molecule has 0 spiro atoms. The first-order chi connectivity index (χ1) is 15.1. The first kappa shape index (κ1) is 24.3. The molecule has 1 aliphatic rings. The molecule has 1 unspecified atom stereocenters. The van der Waals surface area contributed by atoms with E-state index in [-0.39, 0.29) is 17.3 Å². The first-order valence-corrected chi connectivity index (χ1v) is 12.1. The third kappa shape index (κ3) is 5.34. The first-order valence-electron chi connectivity index (χ1n) is 10.3. The number of amides is 2. The van der Waals surface area contributed by atoms with Crippen molar-refractivity contribution in [3.63, 3.8) is 0 Å². The molecule has 1 aromatic heterocycles. The van der Waals surface area contributed by atoms with Crippen molar-refractivity contribution in [3.05, 3.63) is 46.4 Å². The molecule has 0 radical (unpaired) electrons. The number of nitrogens with one attached hydrogen (secondary N) is 1. The smallest absolute Gasteiger partial charge is 0.326 e. The summed E-state index contributed by atoms with van der Waals surface area (Å²) in [5, 5.41) is 19.5. The second kappa shape index (κ2) is 10.1. The van der Waals surface area contributed by atoms with E-state index in [0.717, 1.165) is 16.3 Å². The largest absolute Gasteiger partial charge is 0.740 e. The molecule has 0 aliphatic carbocycles. The van der Waals surface area contributed by atoms with Crippen molar-refractivity contribution < 1.29 is 17.9 Å². The Bertz CT molecular complexity index is 1050. The van der Waals surface area contributed by atoms with Gasteiger partial charge in [0.15, 0.2) is 0 Å². The van der Waals surface area contributed by atoms with E-state index in [1.807, 2.05) is 13.8 Å². The lowest BCUT2D eigenvalue weighted by Gasteiger charge is -2.39. The van der Waals surface area contributed by atoms with Gasteiger partial charge in [0, 0.05) is 37.2 Å². The molecule has 0 bridgehead atoms. The van der Waals surface area contributed by atoms with Gasteiger partial charge in [-0.3, -0.25) is 9.15 Å². The van der Waals surface area contributed by atoms with Gasteiger partial charge in [0.1, 0.15) is 0 Å². The fraction of sp³-hybridized carbons (Fsp3) is 0.500. The van der Waals surface area contributed by atoms with Crippen LogP contribution in [0.4, 0.5) is 16.2 Å². The summed E-state index contributed by atoms with van der Waals surface area (Å²) in [4.78, 5) is 12.7. The zero-order valence-corrected chi connectivity index (χ0v) is 19.8. The third-order valence-electron chi connectivity index (χ3n) is 5.44. The fourth-order valence-electron chi connectivity index (χ4n) is 3.53. The van der Waals surface area contributed by atoms with Crippen molar-refractivity contribution in [3.8, 4) is 0 Å². The van der Waals surface area contributed by atoms with E-state index in [4.69, 9.17) is 16.3 Å². The Kier molecular flexibility index (Phi) is 7.65. The van der Waals surface area contributed by atoms with Crippen LogP contribution in [0.1, 0.15) is 44.6 Å². The van der Waals surface area contributed by atoms with E-state index in [1.54, 1.807) is 19.2 Å². The standard InChI is InChI=1S/C20H27ClN5O5S/c1-4-14(2)15-9-16(21)11-17(10-15)23-20(27)26(28)32(29,30)25(18-5-7-31-8-6-18)19-12-22-24(3)13-19/h9-14,18H,4-8H2,1-3H3,(H,23,27)/q-1. The number of benzene rings is 1. The number of carbonyl (C=O) groups is 1. The fourth-order valence-corrected chi connectivity index (χ4v) is 5.14. The van der Waals surface area contributed by atoms with Crippen LogP contribution in [0.5, 0.6) is 0 Å². The molecule has 10 nitrogen and oxygen atoms in total. The van der Waals surface area contributed by atoms with Gasteiger partial charge in [-0.25, -0.2) is 9.10 Å². The topological polar surface area (TPSA) is 120 Å². The van der Waals surface area contributed by atoms with Gasteiger partial charge in [0.2, 0.25) is 0 Å². The minimum absolute atomic E-state index is 0.172. The van der Waals surface area contributed by atoms with Gasteiger partial charge in [0.25, 0.3) is 0 Å². The molecule has 12 heteroatoms. The molecule has 1 aliphatic heterocycles. The van der Waals surface area contributed by atoms with Crippen molar-refractivity contribution in [1.82, 2.24) is 14.2 Å². The van der Waals surface area contributed by atoms with Crippen LogP contribution < -0.4 is 9.62 Å². The molecule has 2 amide bonds. The molecule has 3 rings (SSSR count). The summed E-state index contributed by atoms with van der Waals surface area (Å²) < 4.78 is 33.6. The highest BCUT2D eigenvalue weighted by Gasteiger charge is 2.35. The molecule has 1 aromatic carbocycles. The SMILES string of the molecule is CCC(C)c1cc(Cl)cc(NC(=O)N([O-])S(=O)(=O)N(c2cnn(C)c2)C2CCOCC2)c1. The highest BCUT2D eigenvalue weighted by molar-refractivity contribution is 7.91. The number of aromatic nitrogens is 2. The predicted octanol–water partition coefficient (Wildman–Crippen LogP) is 3.85. The Morgan fingerprint density at radius 3 is 2.66 bits per heavy atom. The lowest BCUT2D eigenvalue weighted by atomic mass is 9.98. The van der Waals surface area contributed by atoms with Crippen molar-refractivity contribution in [2.24, 2.45) is 7.05 Å². The maximum absolute atomic E-state index is 13.2. The summed E-state index contributed by atoms with van der Waals surface area (Å²) in [6.45, 7) is 4.71. The molecular weight excluding hydrogens is 458 g/mol. The number of anilines is 2. The van der Waals surface area contributed by atoms with Gasteiger partial charge in [-0.2, -0.15) is 13.5 Å². The van der Waals surface area contributed by atoms with Gasteiger partial charge in [-0.1, -0.05) is 25.4 Å². The van der Waals surface area contributed by atoms with E-state index in [9.17, 15) is 18.4 Å². The van der Waals surface area contributed by atoms with Crippen LogP contribution in [0.2, 0.25) is 5.02 Å². The van der Waals surface area contributed by atoms with Crippen LogP contribution in [-0.2, 0) is 22.0 Å². The quantitative estimate of drug-likeness (QED) is 0.596. The number of hydrogen-bond acceptors (Lipinski definition) is 6.